The Labute approximate surface area is 96.1 Å². The monoisotopic (exact) mass is 265 g/mol. The van der Waals surface area contributed by atoms with Gasteiger partial charge in [0.25, 0.3) is 0 Å². The molecule has 0 atom stereocenters. The Hall–Kier alpha value is -1.60. The van der Waals surface area contributed by atoms with Crippen LogP contribution >= 0.6 is 15.9 Å². The topological polar surface area (TPSA) is 50.1 Å². The van der Waals surface area contributed by atoms with Crippen molar-refractivity contribution in [2.75, 3.05) is 7.11 Å². The van der Waals surface area contributed by atoms with Crippen molar-refractivity contribution in [1.29, 1.82) is 5.26 Å². The first-order valence-corrected chi connectivity index (χ1v) is 4.92. The Morgan fingerprint density at radius 3 is 2.53 bits per heavy atom. The predicted molar refractivity (Wildman–Crippen MR) is 59.7 cm³/mol. The van der Waals surface area contributed by atoms with Crippen LogP contribution in [0.4, 0.5) is 0 Å². The van der Waals surface area contributed by atoms with Crippen LogP contribution in [0.15, 0.2) is 34.8 Å². The van der Waals surface area contributed by atoms with Gasteiger partial charge in [-0.05, 0) is 17.7 Å². The second kappa shape index (κ2) is 5.32. The molecule has 15 heavy (non-hydrogen) atoms. The molecule has 1 rings (SSSR count). The molecule has 0 aliphatic rings. The second-order valence-corrected chi connectivity index (χ2v) is 3.62. The van der Waals surface area contributed by atoms with Crippen LogP contribution in [0.2, 0.25) is 0 Å². The van der Waals surface area contributed by atoms with E-state index in [1.54, 1.807) is 24.3 Å². The van der Waals surface area contributed by atoms with Gasteiger partial charge in [0.1, 0.15) is 6.07 Å². The van der Waals surface area contributed by atoms with Crippen molar-refractivity contribution in [3.05, 3.63) is 40.4 Å². The van der Waals surface area contributed by atoms with Crippen LogP contribution in [0.25, 0.3) is 5.57 Å². The van der Waals surface area contributed by atoms with Gasteiger partial charge in [0.15, 0.2) is 0 Å². The van der Waals surface area contributed by atoms with Gasteiger partial charge in [0, 0.05) is 10.5 Å². The van der Waals surface area contributed by atoms with E-state index >= 15 is 0 Å². The molecule has 0 bridgehead atoms. The molecular formula is C11H8BrNO2. The third kappa shape index (κ3) is 3.22. The highest BCUT2D eigenvalue weighted by Crippen LogP contribution is 2.17. The largest absolute Gasteiger partial charge is 0.466 e. The van der Waals surface area contributed by atoms with Gasteiger partial charge < -0.3 is 4.74 Å². The fourth-order valence-corrected chi connectivity index (χ4v) is 1.25. The molecule has 1 aromatic carbocycles. The van der Waals surface area contributed by atoms with Gasteiger partial charge >= 0.3 is 5.97 Å². The SMILES string of the molecule is COC(=O)/C=C(\C#N)c1ccc(Br)cc1. The van der Waals surface area contributed by atoms with Gasteiger partial charge in [-0.1, -0.05) is 28.1 Å². The minimum atomic E-state index is -0.533. The Morgan fingerprint density at radius 1 is 1.47 bits per heavy atom. The highest BCUT2D eigenvalue weighted by atomic mass is 79.9. The van der Waals surface area contributed by atoms with Crippen molar-refractivity contribution in [2.24, 2.45) is 0 Å². The summed E-state index contributed by atoms with van der Waals surface area (Å²) >= 11 is 3.29. The molecule has 0 N–H and O–H groups in total. The van der Waals surface area contributed by atoms with Crippen LogP contribution in [-0.2, 0) is 9.53 Å². The first kappa shape index (κ1) is 11.5. The standard InChI is InChI=1S/C11H8BrNO2/c1-15-11(14)6-9(7-13)8-2-4-10(12)5-3-8/h2-6H,1H3/b9-6+. The maximum absolute atomic E-state index is 11.0. The zero-order valence-corrected chi connectivity index (χ0v) is 9.61. The number of allylic oxidation sites excluding steroid dienone is 1. The number of carbonyl (C=O) groups excluding carboxylic acids is 1. The number of esters is 1. The van der Waals surface area contributed by atoms with Gasteiger partial charge in [0.2, 0.25) is 0 Å². The van der Waals surface area contributed by atoms with Crippen molar-refractivity contribution < 1.29 is 9.53 Å². The van der Waals surface area contributed by atoms with Crippen LogP contribution in [0.5, 0.6) is 0 Å². The summed E-state index contributed by atoms with van der Waals surface area (Å²) in [5.74, 6) is -0.533. The minimum absolute atomic E-state index is 0.286. The first-order chi connectivity index (χ1) is 7.17. The minimum Gasteiger partial charge on any atom is -0.466 e. The Kier molecular flexibility index (Phi) is 4.07. The summed E-state index contributed by atoms with van der Waals surface area (Å²) in [5.41, 5.74) is 0.973. The number of halogens is 1. The van der Waals surface area contributed by atoms with Crippen LogP contribution in [0.3, 0.4) is 0 Å². The molecule has 0 radical (unpaired) electrons. The molecule has 0 amide bonds. The number of rotatable bonds is 2. The lowest BCUT2D eigenvalue weighted by Crippen LogP contribution is -1.96. The Balaban J connectivity index is 3.04. The third-order valence-corrected chi connectivity index (χ3v) is 2.27. The maximum Gasteiger partial charge on any atom is 0.331 e. The zero-order valence-electron chi connectivity index (χ0n) is 8.03. The summed E-state index contributed by atoms with van der Waals surface area (Å²) < 4.78 is 5.37. The van der Waals surface area contributed by atoms with E-state index in [1.165, 1.54) is 13.2 Å². The molecule has 0 saturated carbocycles. The van der Waals surface area contributed by atoms with Gasteiger partial charge in [-0.2, -0.15) is 5.26 Å². The highest BCUT2D eigenvalue weighted by Gasteiger charge is 2.03. The molecule has 0 unspecified atom stereocenters. The molecule has 0 heterocycles. The summed E-state index contributed by atoms with van der Waals surface area (Å²) in [6.45, 7) is 0. The number of benzene rings is 1. The zero-order chi connectivity index (χ0) is 11.3. The lowest BCUT2D eigenvalue weighted by atomic mass is 10.1. The number of carbonyl (C=O) groups is 1. The van der Waals surface area contributed by atoms with Crippen molar-refractivity contribution >= 4 is 27.5 Å². The fraction of sp³-hybridized carbons (Fsp3) is 0.0909. The number of ether oxygens (including phenoxy) is 1. The van der Waals surface area contributed by atoms with Crippen molar-refractivity contribution in [3.63, 3.8) is 0 Å². The average molecular weight is 266 g/mol. The molecule has 4 heteroatoms. The smallest absolute Gasteiger partial charge is 0.331 e. The quantitative estimate of drug-likeness (QED) is 0.469. The molecule has 0 spiro atoms. The highest BCUT2D eigenvalue weighted by molar-refractivity contribution is 9.10. The number of methoxy groups -OCH3 is 1. The summed E-state index contributed by atoms with van der Waals surface area (Å²) in [5, 5.41) is 8.86. The number of hydrogen-bond acceptors (Lipinski definition) is 3. The van der Waals surface area contributed by atoms with E-state index in [4.69, 9.17) is 5.26 Å². The maximum atomic E-state index is 11.0. The molecule has 0 aromatic heterocycles. The molecule has 0 aliphatic carbocycles. The van der Waals surface area contributed by atoms with E-state index in [2.05, 4.69) is 20.7 Å². The number of nitrogens with zero attached hydrogens (tertiary/aromatic N) is 1. The molecule has 3 nitrogen and oxygen atoms in total. The summed E-state index contributed by atoms with van der Waals surface area (Å²) in [6, 6.07) is 9.06. The van der Waals surface area contributed by atoms with Gasteiger partial charge in [0.05, 0.1) is 12.7 Å². The molecule has 0 fully saturated rings. The molecule has 76 valence electrons. The lowest BCUT2D eigenvalue weighted by molar-refractivity contribution is -0.134. The lowest BCUT2D eigenvalue weighted by Gasteiger charge is -1.98. The van der Waals surface area contributed by atoms with E-state index in [-0.39, 0.29) is 5.57 Å². The number of nitriles is 1. The van der Waals surface area contributed by atoms with Crippen LogP contribution in [-0.4, -0.2) is 13.1 Å². The van der Waals surface area contributed by atoms with Crippen molar-refractivity contribution in [3.8, 4) is 6.07 Å². The second-order valence-electron chi connectivity index (χ2n) is 2.70. The predicted octanol–water partition coefficient (Wildman–Crippen LogP) is 2.53. The molecule has 0 saturated heterocycles. The van der Waals surface area contributed by atoms with Gasteiger partial charge in [-0.3, -0.25) is 0 Å². The van der Waals surface area contributed by atoms with E-state index < -0.39 is 5.97 Å². The van der Waals surface area contributed by atoms with Crippen molar-refractivity contribution in [2.45, 2.75) is 0 Å². The van der Waals surface area contributed by atoms with Crippen LogP contribution in [0, 0.1) is 11.3 Å². The molecule has 0 aliphatic heterocycles. The van der Waals surface area contributed by atoms with Crippen LogP contribution < -0.4 is 0 Å². The Morgan fingerprint density at radius 2 is 2.07 bits per heavy atom. The van der Waals surface area contributed by atoms with E-state index in [0.717, 1.165) is 4.47 Å². The Bertz CT molecular complexity index is 429. The number of hydrogen-bond donors (Lipinski definition) is 0. The van der Waals surface area contributed by atoms with Crippen molar-refractivity contribution in [1.82, 2.24) is 0 Å². The summed E-state index contributed by atoms with van der Waals surface area (Å²) in [4.78, 5) is 11.0. The van der Waals surface area contributed by atoms with E-state index in [0.29, 0.717) is 5.56 Å². The van der Waals surface area contributed by atoms with E-state index in [1.807, 2.05) is 6.07 Å². The van der Waals surface area contributed by atoms with Gasteiger partial charge in [-0.15, -0.1) is 0 Å². The first-order valence-electron chi connectivity index (χ1n) is 4.13. The van der Waals surface area contributed by atoms with Gasteiger partial charge in [-0.25, -0.2) is 4.79 Å². The fourth-order valence-electron chi connectivity index (χ4n) is 0.986. The normalized spacial score (nSPS) is 10.6. The third-order valence-electron chi connectivity index (χ3n) is 1.74. The summed E-state index contributed by atoms with van der Waals surface area (Å²) in [6.07, 6.45) is 1.17. The van der Waals surface area contributed by atoms with Crippen LogP contribution in [0.1, 0.15) is 5.56 Å². The molecular weight excluding hydrogens is 258 g/mol. The summed E-state index contributed by atoms with van der Waals surface area (Å²) in [7, 11) is 1.27. The molecule has 1 aromatic rings. The average Bonchev–Trinajstić information content (AvgIpc) is 2.27. The van der Waals surface area contributed by atoms with E-state index in [9.17, 15) is 4.79 Å².